The van der Waals surface area contributed by atoms with Crippen molar-refractivity contribution in [3.63, 3.8) is 0 Å². The van der Waals surface area contributed by atoms with Gasteiger partial charge < -0.3 is 24.5 Å². The number of fused-ring (bicyclic) bond motifs is 1. The number of aliphatic hydroxyl groups is 1. The Labute approximate surface area is 158 Å². The Kier molecular flexibility index (Phi) is 6.34. The van der Waals surface area contributed by atoms with Crippen LogP contribution in [0.1, 0.15) is 19.4 Å². The molecule has 1 heterocycles. The minimum Gasteiger partial charge on any atom is -0.493 e. The Hall–Kier alpha value is -2.02. The Morgan fingerprint density at radius 1 is 1.27 bits per heavy atom. The summed E-state index contributed by atoms with van der Waals surface area (Å²) in [5.41, 5.74) is 0.566. The van der Waals surface area contributed by atoms with E-state index in [-0.39, 0.29) is 18.7 Å². The van der Waals surface area contributed by atoms with Gasteiger partial charge in [0, 0.05) is 34.1 Å². The number of aliphatic hydroxyl groups excluding tert-OH is 1. The van der Waals surface area contributed by atoms with Crippen LogP contribution in [0.5, 0.6) is 11.5 Å². The number of rotatable bonds is 8. The molecular weight excluding hydrogens is 356 g/mol. The van der Waals surface area contributed by atoms with Crippen molar-refractivity contribution in [2.75, 3.05) is 20.8 Å². The molecule has 0 fully saturated rings. The lowest BCUT2D eigenvalue weighted by Gasteiger charge is -2.24. The van der Waals surface area contributed by atoms with Crippen LogP contribution in [0.3, 0.4) is 0 Å². The smallest absolute Gasteiger partial charge is 0.255 e. The average molecular weight is 381 g/mol. The van der Waals surface area contributed by atoms with Crippen molar-refractivity contribution in [3.05, 3.63) is 45.7 Å². The summed E-state index contributed by atoms with van der Waals surface area (Å²) in [6.45, 7) is 7.88. The highest BCUT2D eigenvalue weighted by Gasteiger charge is 2.18. The molecule has 0 aliphatic carbocycles. The molecule has 0 amide bonds. The molecule has 2 aromatic rings. The quantitative estimate of drug-likeness (QED) is 0.736. The lowest BCUT2D eigenvalue weighted by molar-refractivity contribution is 0.187. The van der Waals surface area contributed by atoms with Gasteiger partial charge in [0.05, 0.1) is 32.9 Å². The molecule has 142 valence electrons. The van der Waals surface area contributed by atoms with Gasteiger partial charge in [0.1, 0.15) is 0 Å². The predicted octanol–water partition coefficient (Wildman–Crippen LogP) is 2.63. The number of methoxy groups -OCH3 is 2. The van der Waals surface area contributed by atoms with Gasteiger partial charge in [-0.05, 0) is 26.0 Å². The number of benzene rings is 1. The van der Waals surface area contributed by atoms with Crippen LogP contribution in [0.2, 0.25) is 0 Å². The predicted molar refractivity (Wildman–Crippen MR) is 104 cm³/mol. The summed E-state index contributed by atoms with van der Waals surface area (Å²) in [7, 11) is 3.11. The Balaban J connectivity index is 2.65. The van der Waals surface area contributed by atoms with E-state index in [2.05, 4.69) is 11.9 Å². The molecule has 0 atom stereocenters. The highest BCUT2D eigenvalue weighted by Crippen LogP contribution is 2.32. The maximum Gasteiger partial charge on any atom is 0.255 e. The van der Waals surface area contributed by atoms with Crippen LogP contribution < -0.4 is 20.3 Å². The minimum atomic E-state index is -0.500. The van der Waals surface area contributed by atoms with E-state index in [1.54, 1.807) is 24.9 Å². The van der Waals surface area contributed by atoms with E-state index in [9.17, 15) is 9.90 Å². The third-order valence-corrected chi connectivity index (χ3v) is 4.28. The summed E-state index contributed by atoms with van der Waals surface area (Å²) >= 11 is 5.98. The van der Waals surface area contributed by atoms with Crippen LogP contribution in [-0.4, -0.2) is 36.0 Å². The number of hydrogen-bond acceptors (Lipinski definition) is 5. The number of nitrogens with zero attached hydrogens (tertiary/aromatic N) is 1. The molecule has 26 heavy (non-hydrogen) atoms. The summed E-state index contributed by atoms with van der Waals surface area (Å²) in [6, 6.07) is 5.39. The first-order valence-corrected chi connectivity index (χ1v) is 8.58. The van der Waals surface area contributed by atoms with Crippen molar-refractivity contribution in [1.82, 2.24) is 9.88 Å². The van der Waals surface area contributed by atoms with Crippen molar-refractivity contribution in [2.45, 2.75) is 32.5 Å². The molecular formula is C19H25ClN2O4. The van der Waals surface area contributed by atoms with Crippen LogP contribution in [0, 0.1) is 0 Å². The molecule has 7 heteroatoms. The molecule has 0 unspecified atom stereocenters. The summed E-state index contributed by atoms with van der Waals surface area (Å²) in [5.74, 6) is 1.10. The summed E-state index contributed by atoms with van der Waals surface area (Å²) in [5, 5.41) is 13.8. The van der Waals surface area contributed by atoms with E-state index in [0.717, 1.165) is 5.39 Å². The van der Waals surface area contributed by atoms with Gasteiger partial charge in [-0.25, -0.2) is 0 Å². The number of allylic oxidation sites excluding steroid dienone is 1. The van der Waals surface area contributed by atoms with Crippen LogP contribution in [0.4, 0.5) is 0 Å². The average Bonchev–Trinajstić information content (AvgIpc) is 2.61. The van der Waals surface area contributed by atoms with Crippen molar-refractivity contribution in [3.8, 4) is 11.5 Å². The van der Waals surface area contributed by atoms with Gasteiger partial charge >= 0.3 is 0 Å². The molecule has 0 bridgehead atoms. The molecule has 2 rings (SSSR count). The lowest BCUT2D eigenvalue weighted by atomic mass is 10.1. The second-order valence-electron chi connectivity index (χ2n) is 6.74. The fourth-order valence-electron chi connectivity index (χ4n) is 2.61. The zero-order chi connectivity index (χ0) is 19.5. The largest absolute Gasteiger partial charge is 0.493 e. The highest BCUT2D eigenvalue weighted by molar-refractivity contribution is 6.29. The van der Waals surface area contributed by atoms with E-state index in [1.807, 2.05) is 26.0 Å². The first kappa shape index (κ1) is 20.3. The minimum absolute atomic E-state index is 0.0434. The second kappa shape index (κ2) is 8.12. The zero-order valence-electron chi connectivity index (χ0n) is 15.6. The van der Waals surface area contributed by atoms with Gasteiger partial charge in [-0.1, -0.05) is 18.2 Å². The number of ether oxygens (including phenoxy) is 2. The van der Waals surface area contributed by atoms with E-state index in [0.29, 0.717) is 34.2 Å². The van der Waals surface area contributed by atoms with Crippen molar-refractivity contribution in [2.24, 2.45) is 0 Å². The van der Waals surface area contributed by atoms with E-state index in [4.69, 9.17) is 21.1 Å². The topological polar surface area (TPSA) is 72.7 Å². The molecule has 2 N–H and O–H groups in total. The summed E-state index contributed by atoms with van der Waals surface area (Å²) in [4.78, 5) is 13.0. The Morgan fingerprint density at radius 3 is 2.42 bits per heavy atom. The highest BCUT2D eigenvalue weighted by atomic mass is 35.5. The third-order valence-electron chi connectivity index (χ3n) is 4.16. The van der Waals surface area contributed by atoms with Crippen LogP contribution >= 0.6 is 11.6 Å². The molecule has 0 saturated heterocycles. The first-order valence-electron chi connectivity index (χ1n) is 8.20. The van der Waals surface area contributed by atoms with Crippen LogP contribution in [0.25, 0.3) is 10.9 Å². The first-order chi connectivity index (χ1) is 12.2. The number of aromatic nitrogens is 1. The monoisotopic (exact) mass is 380 g/mol. The van der Waals surface area contributed by atoms with E-state index in [1.165, 1.54) is 0 Å². The fraction of sp³-hybridized carbons (Fsp3) is 0.421. The summed E-state index contributed by atoms with van der Waals surface area (Å²) < 4.78 is 12.3. The number of pyridine rings is 1. The number of nitrogens with one attached hydrogen (secondary N) is 1. The standard InChI is InChI=1S/C19H25ClN2O4/c1-12(20)10-22-15-8-17(26-5)16(25-4)7-13(15)6-14(18(22)24)9-21-19(2,3)11-23/h6-8,21,23H,1,9-11H2,2-5H3. The van der Waals surface area contributed by atoms with Gasteiger partial charge in [0.25, 0.3) is 5.56 Å². The number of halogens is 1. The zero-order valence-corrected chi connectivity index (χ0v) is 16.3. The van der Waals surface area contributed by atoms with Crippen molar-refractivity contribution >= 4 is 22.5 Å². The molecule has 1 aromatic carbocycles. The Bertz CT molecular complexity index is 874. The van der Waals surface area contributed by atoms with Gasteiger partial charge in [0.2, 0.25) is 0 Å². The Morgan fingerprint density at radius 2 is 1.88 bits per heavy atom. The third kappa shape index (κ3) is 4.38. The molecule has 0 aliphatic heterocycles. The maximum absolute atomic E-state index is 13.0. The molecule has 6 nitrogen and oxygen atoms in total. The fourth-order valence-corrected chi connectivity index (χ4v) is 2.73. The van der Waals surface area contributed by atoms with Crippen molar-refractivity contribution < 1.29 is 14.6 Å². The maximum atomic E-state index is 13.0. The van der Waals surface area contributed by atoms with Gasteiger partial charge in [-0.15, -0.1) is 0 Å². The SMILES string of the molecule is C=C(Cl)Cn1c(=O)c(CNC(C)(C)CO)cc2cc(OC)c(OC)cc21. The summed E-state index contributed by atoms with van der Waals surface area (Å²) in [6.07, 6.45) is 0. The van der Waals surface area contributed by atoms with Gasteiger partial charge in [-0.3, -0.25) is 4.79 Å². The molecule has 0 aliphatic rings. The molecule has 0 radical (unpaired) electrons. The molecule has 0 saturated carbocycles. The lowest BCUT2D eigenvalue weighted by Crippen LogP contribution is -2.43. The molecule has 1 aromatic heterocycles. The molecule has 0 spiro atoms. The van der Waals surface area contributed by atoms with Gasteiger partial charge in [0.15, 0.2) is 11.5 Å². The van der Waals surface area contributed by atoms with Gasteiger partial charge in [-0.2, -0.15) is 0 Å². The normalized spacial score (nSPS) is 11.6. The second-order valence-corrected chi connectivity index (χ2v) is 7.27. The van der Waals surface area contributed by atoms with E-state index < -0.39 is 5.54 Å². The van der Waals surface area contributed by atoms with Crippen LogP contribution in [0.15, 0.2) is 34.6 Å². The number of hydrogen-bond donors (Lipinski definition) is 2. The van der Waals surface area contributed by atoms with Crippen molar-refractivity contribution in [1.29, 1.82) is 0 Å². The van der Waals surface area contributed by atoms with E-state index >= 15 is 0 Å². The van der Waals surface area contributed by atoms with Crippen LogP contribution in [-0.2, 0) is 13.1 Å².